The van der Waals surface area contributed by atoms with Crippen LogP contribution in [0.2, 0.25) is 0 Å². The van der Waals surface area contributed by atoms with Crippen LogP contribution in [0.5, 0.6) is 0 Å². The predicted octanol–water partition coefficient (Wildman–Crippen LogP) is 4.69. The molecule has 0 amide bonds. The molecule has 0 fully saturated rings. The van der Waals surface area contributed by atoms with Gasteiger partial charge in [0, 0.05) is 29.3 Å². The highest BCUT2D eigenvalue weighted by molar-refractivity contribution is 7.98. The number of amidine groups is 1. The molecule has 0 saturated heterocycles. The maximum Gasteiger partial charge on any atom is 0.182 e. The molecule has 4 rings (SSSR count). The van der Waals surface area contributed by atoms with Crippen molar-refractivity contribution < 1.29 is 8.42 Å². The molecule has 4 nitrogen and oxygen atoms in total. The largest absolute Gasteiger partial charge is 0.370 e. The van der Waals surface area contributed by atoms with E-state index in [0.717, 1.165) is 46.9 Å². The van der Waals surface area contributed by atoms with Gasteiger partial charge in [0.2, 0.25) is 0 Å². The Kier molecular flexibility index (Phi) is 6.55. The number of hydrogen-bond donors (Lipinski definition) is 1. The first-order valence-corrected chi connectivity index (χ1v) is 12.6. The second-order valence-corrected chi connectivity index (χ2v) is 10.1. The minimum absolute atomic E-state index is 0.00363. The van der Waals surface area contributed by atoms with E-state index in [2.05, 4.69) is 22.4 Å². The number of thioether (sulfide) groups is 1. The second kappa shape index (κ2) is 9.49. The fourth-order valence-electron chi connectivity index (χ4n) is 3.41. The number of rotatable bonds is 7. The predicted molar refractivity (Wildman–Crippen MR) is 124 cm³/mol. The average molecular weight is 437 g/mol. The van der Waals surface area contributed by atoms with Gasteiger partial charge in [-0.3, -0.25) is 4.99 Å². The highest BCUT2D eigenvalue weighted by Crippen LogP contribution is 2.29. The molecule has 0 aliphatic carbocycles. The lowest BCUT2D eigenvalue weighted by molar-refractivity contribution is 0.595. The summed E-state index contributed by atoms with van der Waals surface area (Å²) in [5, 5.41) is 3.39. The molecule has 30 heavy (non-hydrogen) atoms. The van der Waals surface area contributed by atoms with E-state index >= 15 is 0 Å². The molecule has 0 aromatic heterocycles. The van der Waals surface area contributed by atoms with Gasteiger partial charge < -0.3 is 5.32 Å². The third-order valence-electron chi connectivity index (χ3n) is 4.99. The quantitative estimate of drug-likeness (QED) is 0.546. The average Bonchev–Trinajstić information content (AvgIpc) is 2.80. The monoisotopic (exact) mass is 436 g/mol. The van der Waals surface area contributed by atoms with Crippen LogP contribution in [0.4, 0.5) is 0 Å². The first-order valence-electron chi connectivity index (χ1n) is 9.98. The summed E-state index contributed by atoms with van der Waals surface area (Å²) in [5.74, 6) is 1.65. The highest BCUT2D eigenvalue weighted by atomic mass is 32.2. The normalized spacial score (nSPS) is 14.1. The molecule has 0 unspecified atom stereocenters. The molecule has 3 aromatic carbocycles. The number of aliphatic imine (C=N–C) groups is 1. The summed E-state index contributed by atoms with van der Waals surface area (Å²) in [7, 11) is -3.38. The Bertz CT molecular complexity index is 1140. The van der Waals surface area contributed by atoms with Crippen LogP contribution >= 0.6 is 11.8 Å². The van der Waals surface area contributed by atoms with E-state index in [1.54, 1.807) is 36.0 Å². The molecular formula is C24H24N2O2S2. The topological polar surface area (TPSA) is 58.5 Å². The lowest BCUT2D eigenvalue weighted by atomic mass is 10.1. The minimum Gasteiger partial charge on any atom is -0.370 e. The van der Waals surface area contributed by atoms with Crippen molar-refractivity contribution in [3.8, 4) is 0 Å². The molecule has 3 aromatic rings. The van der Waals surface area contributed by atoms with Crippen molar-refractivity contribution in [2.24, 2.45) is 4.99 Å². The SMILES string of the molecule is O=S(=O)(Cc1ccccc1CSc1ccccc1C1=NCCCN1)c1ccccc1. The fraction of sp³-hybridized carbons (Fsp3) is 0.208. The standard InChI is InChI=1S/C24H24N2O2S2/c27-30(28,21-11-2-1-3-12-21)18-20-10-5-4-9-19(20)17-29-23-14-7-6-13-22(23)24-25-15-8-16-26-24/h1-7,9-14H,8,15-18H2,(H,25,26). The molecular weight excluding hydrogens is 412 g/mol. The number of sulfone groups is 1. The second-order valence-electron chi connectivity index (χ2n) is 7.14. The molecule has 1 N–H and O–H groups in total. The van der Waals surface area contributed by atoms with Gasteiger partial charge in [0.1, 0.15) is 5.84 Å². The van der Waals surface area contributed by atoms with Gasteiger partial charge in [-0.15, -0.1) is 11.8 Å². The first-order chi connectivity index (χ1) is 14.6. The van der Waals surface area contributed by atoms with Crippen molar-refractivity contribution >= 4 is 27.4 Å². The van der Waals surface area contributed by atoms with Crippen LogP contribution in [0, 0.1) is 0 Å². The third-order valence-corrected chi connectivity index (χ3v) is 7.79. The summed E-state index contributed by atoms with van der Waals surface area (Å²) in [5.41, 5.74) is 2.99. The molecule has 1 heterocycles. The summed E-state index contributed by atoms with van der Waals surface area (Å²) in [4.78, 5) is 6.13. The Labute approximate surface area is 182 Å². The van der Waals surface area contributed by atoms with Gasteiger partial charge in [0.25, 0.3) is 0 Å². The number of hydrogen-bond acceptors (Lipinski definition) is 5. The molecule has 154 valence electrons. The van der Waals surface area contributed by atoms with E-state index in [1.807, 2.05) is 42.5 Å². The van der Waals surface area contributed by atoms with E-state index in [1.165, 1.54) is 0 Å². The summed E-state index contributed by atoms with van der Waals surface area (Å²) in [6, 6.07) is 24.7. The summed E-state index contributed by atoms with van der Waals surface area (Å²) >= 11 is 1.71. The Balaban J connectivity index is 1.54. The zero-order valence-corrected chi connectivity index (χ0v) is 18.3. The van der Waals surface area contributed by atoms with Crippen LogP contribution in [0.25, 0.3) is 0 Å². The molecule has 0 bridgehead atoms. The van der Waals surface area contributed by atoms with Gasteiger partial charge in [0.05, 0.1) is 10.6 Å². The van der Waals surface area contributed by atoms with Crippen molar-refractivity contribution in [2.75, 3.05) is 13.1 Å². The zero-order valence-electron chi connectivity index (χ0n) is 16.6. The minimum atomic E-state index is -3.38. The van der Waals surface area contributed by atoms with Crippen LogP contribution in [-0.4, -0.2) is 27.3 Å². The fourth-order valence-corrected chi connectivity index (χ4v) is 5.93. The molecule has 0 radical (unpaired) electrons. The van der Waals surface area contributed by atoms with Crippen molar-refractivity contribution in [2.45, 2.75) is 27.7 Å². The highest BCUT2D eigenvalue weighted by Gasteiger charge is 2.18. The first kappa shape index (κ1) is 20.7. The molecule has 0 atom stereocenters. The van der Waals surface area contributed by atoms with Crippen LogP contribution in [0.1, 0.15) is 23.1 Å². The van der Waals surface area contributed by atoms with Crippen molar-refractivity contribution in [3.05, 3.63) is 95.6 Å². The maximum absolute atomic E-state index is 12.9. The van der Waals surface area contributed by atoms with Gasteiger partial charge in [-0.25, -0.2) is 8.42 Å². The smallest absolute Gasteiger partial charge is 0.182 e. The van der Waals surface area contributed by atoms with E-state index < -0.39 is 9.84 Å². The Hall–Kier alpha value is -2.57. The molecule has 1 aliphatic heterocycles. The lowest BCUT2D eigenvalue weighted by Crippen LogP contribution is -2.30. The molecule has 0 saturated carbocycles. The van der Waals surface area contributed by atoms with Crippen LogP contribution in [-0.2, 0) is 21.3 Å². The van der Waals surface area contributed by atoms with Gasteiger partial charge in [-0.1, -0.05) is 60.7 Å². The van der Waals surface area contributed by atoms with Crippen LogP contribution < -0.4 is 5.32 Å². The molecule has 1 aliphatic rings. The summed E-state index contributed by atoms with van der Waals surface area (Å²) in [6.45, 7) is 1.79. The van der Waals surface area contributed by atoms with Gasteiger partial charge in [0.15, 0.2) is 9.84 Å². The number of nitrogens with one attached hydrogen (secondary N) is 1. The van der Waals surface area contributed by atoms with E-state index in [4.69, 9.17) is 0 Å². The van der Waals surface area contributed by atoms with E-state index in [0.29, 0.717) is 10.6 Å². The molecule has 6 heteroatoms. The Morgan fingerprint density at radius 3 is 2.33 bits per heavy atom. The van der Waals surface area contributed by atoms with Gasteiger partial charge in [-0.05, 0) is 35.7 Å². The van der Waals surface area contributed by atoms with Crippen molar-refractivity contribution in [3.63, 3.8) is 0 Å². The van der Waals surface area contributed by atoms with Crippen molar-refractivity contribution in [1.82, 2.24) is 5.32 Å². The van der Waals surface area contributed by atoms with Crippen LogP contribution in [0.3, 0.4) is 0 Å². The Morgan fingerprint density at radius 1 is 0.867 bits per heavy atom. The number of nitrogens with zero attached hydrogens (tertiary/aromatic N) is 1. The van der Waals surface area contributed by atoms with Gasteiger partial charge >= 0.3 is 0 Å². The third kappa shape index (κ3) is 4.94. The lowest BCUT2D eigenvalue weighted by Gasteiger charge is -2.17. The van der Waals surface area contributed by atoms with Crippen molar-refractivity contribution in [1.29, 1.82) is 0 Å². The van der Waals surface area contributed by atoms with Gasteiger partial charge in [-0.2, -0.15) is 0 Å². The van der Waals surface area contributed by atoms with E-state index in [-0.39, 0.29) is 5.75 Å². The van der Waals surface area contributed by atoms with Crippen LogP contribution in [0.15, 0.2) is 93.6 Å². The zero-order chi connectivity index (χ0) is 20.8. The maximum atomic E-state index is 12.9. The molecule has 0 spiro atoms. The van der Waals surface area contributed by atoms with E-state index in [9.17, 15) is 8.42 Å². The Morgan fingerprint density at radius 2 is 1.57 bits per heavy atom. The summed E-state index contributed by atoms with van der Waals surface area (Å²) in [6.07, 6.45) is 1.06. The summed E-state index contributed by atoms with van der Waals surface area (Å²) < 4.78 is 25.7. The number of benzene rings is 3.